The number of aromatic carboxylic acids is 1. The molecule has 0 unspecified atom stereocenters. The van der Waals surface area contributed by atoms with Gasteiger partial charge in [0, 0.05) is 12.3 Å². The molecule has 0 bridgehead atoms. The summed E-state index contributed by atoms with van der Waals surface area (Å²) in [5.41, 5.74) is -0.929. The van der Waals surface area contributed by atoms with Crippen molar-refractivity contribution >= 4 is 27.6 Å². The summed E-state index contributed by atoms with van der Waals surface area (Å²) >= 11 is 2.94. The van der Waals surface area contributed by atoms with E-state index in [0.717, 1.165) is 29.4 Å². The smallest absolute Gasteiger partial charge is 0.339 e. The van der Waals surface area contributed by atoms with E-state index in [2.05, 4.69) is 25.9 Å². The van der Waals surface area contributed by atoms with Crippen molar-refractivity contribution in [3.63, 3.8) is 0 Å². The third-order valence-electron chi connectivity index (χ3n) is 2.58. The largest absolute Gasteiger partial charge is 0.478 e. The average Bonchev–Trinajstić information content (AvgIpc) is 2.43. The molecule has 0 spiro atoms. The number of carboxylic acids is 1. The molecule has 0 aromatic carbocycles. The molecule has 0 atom stereocenters. The van der Waals surface area contributed by atoms with E-state index in [1.807, 2.05) is 0 Å². The highest BCUT2D eigenvalue weighted by Crippen LogP contribution is 2.15. The van der Waals surface area contributed by atoms with Crippen LogP contribution in [0.25, 0.3) is 0 Å². The molecule has 0 amide bonds. The van der Waals surface area contributed by atoms with Gasteiger partial charge in [-0.3, -0.25) is 14.9 Å². The second kappa shape index (κ2) is 5.79. The highest BCUT2D eigenvalue weighted by Gasteiger charge is 2.16. The summed E-state index contributed by atoms with van der Waals surface area (Å²) in [7, 11) is 0. The van der Waals surface area contributed by atoms with E-state index in [-0.39, 0.29) is 28.0 Å². The van der Waals surface area contributed by atoms with Gasteiger partial charge in [0.25, 0.3) is 11.2 Å². The molecule has 10 heteroatoms. The SMILES string of the molecule is O=C(O)c1cncnc1Cn1cc([N+](=O)[O-])cc(Br)c1=O. The molecule has 0 aliphatic rings. The molecule has 0 aliphatic carbocycles. The minimum atomic E-state index is -1.25. The van der Waals surface area contributed by atoms with Crippen molar-refractivity contribution in [2.45, 2.75) is 6.54 Å². The Morgan fingerprint density at radius 1 is 1.52 bits per heavy atom. The zero-order valence-electron chi connectivity index (χ0n) is 10.3. The third kappa shape index (κ3) is 3.11. The summed E-state index contributed by atoms with van der Waals surface area (Å²) in [6.45, 7) is -0.219. The van der Waals surface area contributed by atoms with Crippen LogP contribution >= 0.6 is 15.9 Å². The normalized spacial score (nSPS) is 10.3. The van der Waals surface area contributed by atoms with Gasteiger partial charge in [0.05, 0.1) is 27.8 Å². The summed E-state index contributed by atoms with van der Waals surface area (Å²) in [5, 5.41) is 19.8. The van der Waals surface area contributed by atoms with E-state index >= 15 is 0 Å². The molecular weight excluding hydrogens is 348 g/mol. The first kappa shape index (κ1) is 14.8. The van der Waals surface area contributed by atoms with Crippen molar-refractivity contribution in [3.05, 3.63) is 61.0 Å². The van der Waals surface area contributed by atoms with E-state index in [1.165, 1.54) is 0 Å². The number of carbonyl (C=O) groups is 1. The molecule has 2 aromatic heterocycles. The van der Waals surface area contributed by atoms with Crippen LogP contribution < -0.4 is 5.56 Å². The van der Waals surface area contributed by atoms with Gasteiger partial charge in [0.2, 0.25) is 0 Å². The van der Waals surface area contributed by atoms with Crippen LogP contribution in [0, 0.1) is 10.1 Å². The Hall–Kier alpha value is -2.62. The summed E-state index contributed by atoms with van der Waals surface area (Å²) in [4.78, 5) is 40.5. The van der Waals surface area contributed by atoms with Crippen LogP contribution in [0.15, 0.2) is 34.1 Å². The van der Waals surface area contributed by atoms with Crippen LogP contribution in [-0.4, -0.2) is 30.5 Å². The van der Waals surface area contributed by atoms with Crippen LogP contribution in [0.4, 0.5) is 5.69 Å². The van der Waals surface area contributed by atoms with Crippen molar-refractivity contribution in [3.8, 4) is 0 Å². The maximum Gasteiger partial charge on any atom is 0.339 e. The molecule has 0 saturated heterocycles. The van der Waals surface area contributed by atoms with Crippen LogP contribution in [-0.2, 0) is 6.54 Å². The Balaban J connectivity index is 2.52. The summed E-state index contributed by atoms with van der Waals surface area (Å²) in [6, 6.07) is 1.08. The second-order valence-corrected chi connectivity index (χ2v) is 4.78. The maximum absolute atomic E-state index is 11.9. The lowest BCUT2D eigenvalue weighted by molar-refractivity contribution is -0.385. The van der Waals surface area contributed by atoms with Crippen molar-refractivity contribution in [2.75, 3.05) is 0 Å². The molecular formula is C11H7BrN4O5. The zero-order valence-corrected chi connectivity index (χ0v) is 11.8. The Kier molecular flexibility index (Phi) is 4.08. The van der Waals surface area contributed by atoms with Crippen molar-refractivity contribution in [2.24, 2.45) is 0 Å². The zero-order chi connectivity index (χ0) is 15.6. The number of hydrogen-bond donors (Lipinski definition) is 1. The summed E-state index contributed by atoms with van der Waals surface area (Å²) in [5.74, 6) is -1.25. The second-order valence-electron chi connectivity index (χ2n) is 3.92. The molecule has 2 aromatic rings. The number of pyridine rings is 1. The Bertz CT molecular complexity index is 788. The van der Waals surface area contributed by atoms with Gasteiger partial charge in [-0.1, -0.05) is 0 Å². The minimum absolute atomic E-state index is 0.00244. The standard InChI is InChI=1S/C11H7BrN4O5/c12-8-1-6(16(20)21)3-15(10(8)17)4-9-7(11(18)19)2-13-5-14-9/h1-3,5H,4H2,(H,18,19). The predicted octanol–water partition coefficient (Wildman–Crippen LogP) is 1.06. The summed E-state index contributed by atoms with van der Waals surface area (Å²) in [6.07, 6.45) is 3.27. The van der Waals surface area contributed by atoms with Crippen LogP contribution in [0.5, 0.6) is 0 Å². The van der Waals surface area contributed by atoms with Gasteiger partial charge in [0.1, 0.15) is 11.9 Å². The number of carboxylic acid groups (broad SMARTS) is 1. The highest BCUT2D eigenvalue weighted by atomic mass is 79.9. The van der Waals surface area contributed by atoms with Gasteiger partial charge >= 0.3 is 5.97 Å². The molecule has 0 aliphatic heterocycles. The fourth-order valence-corrected chi connectivity index (χ4v) is 2.08. The van der Waals surface area contributed by atoms with Crippen LogP contribution in [0.2, 0.25) is 0 Å². The van der Waals surface area contributed by atoms with Gasteiger partial charge in [-0.25, -0.2) is 14.8 Å². The first-order valence-corrected chi connectivity index (χ1v) is 6.26. The first-order chi connectivity index (χ1) is 9.90. The quantitative estimate of drug-likeness (QED) is 0.641. The highest BCUT2D eigenvalue weighted by molar-refractivity contribution is 9.10. The predicted molar refractivity (Wildman–Crippen MR) is 73.1 cm³/mol. The van der Waals surface area contributed by atoms with Gasteiger partial charge < -0.3 is 9.67 Å². The van der Waals surface area contributed by atoms with Crippen LogP contribution in [0.3, 0.4) is 0 Å². The number of nitrogens with zero attached hydrogens (tertiary/aromatic N) is 4. The van der Waals surface area contributed by atoms with Gasteiger partial charge in [-0.05, 0) is 15.9 Å². The van der Waals surface area contributed by atoms with E-state index in [0.29, 0.717) is 0 Å². The molecule has 1 N–H and O–H groups in total. The van der Waals surface area contributed by atoms with E-state index in [9.17, 15) is 19.7 Å². The number of halogens is 1. The lowest BCUT2D eigenvalue weighted by Gasteiger charge is -2.07. The Labute approximate surface area is 125 Å². The number of aromatic nitrogens is 3. The number of nitro groups is 1. The molecule has 21 heavy (non-hydrogen) atoms. The summed E-state index contributed by atoms with van der Waals surface area (Å²) < 4.78 is 1.01. The lowest BCUT2D eigenvalue weighted by Crippen LogP contribution is -2.23. The molecule has 2 rings (SSSR count). The lowest BCUT2D eigenvalue weighted by atomic mass is 10.2. The van der Waals surface area contributed by atoms with E-state index < -0.39 is 16.5 Å². The molecule has 2 heterocycles. The molecule has 108 valence electrons. The molecule has 0 fully saturated rings. The van der Waals surface area contributed by atoms with Crippen molar-refractivity contribution in [1.82, 2.24) is 14.5 Å². The third-order valence-corrected chi connectivity index (χ3v) is 3.15. The monoisotopic (exact) mass is 354 g/mol. The fraction of sp³-hybridized carbons (Fsp3) is 0.0909. The Morgan fingerprint density at radius 2 is 2.24 bits per heavy atom. The number of rotatable bonds is 4. The molecule has 0 radical (unpaired) electrons. The van der Waals surface area contributed by atoms with Crippen molar-refractivity contribution < 1.29 is 14.8 Å². The van der Waals surface area contributed by atoms with Crippen LogP contribution in [0.1, 0.15) is 16.1 Å². The first-order valence-electron chi connectivity index (χ1n) is 5.46. The fourth-order valence-electron chi connectivity index (χ4n) is 1.62. The van der Waals surface area contributed by atoms with Gasteiger partial charge in [-0.2, -0.15) is 0 Å². The van der Waals surface area contributed by atoms with Gasteiger partial charge in [0.15, 0.2) is 0 Å². The molecule has 9 nitrogen and oxygen atoms in total. The van der Waals surface area contributed by atoms with Crippen molar-refractivity contribution in [1.29, 1.82) is 0 Å². The van der Waals surface area contributed by atoms with E-state index in [1.54, 1.807) is 0 Å². The van der Waals surface area contributed by atoms with Gasteiger partial charge in [-0.15, -0.1) is 0 Å². The maximum atomic E-state index is 11.9. The minimum Gasteiger partial charge on any atom is -0.478 e. The topological polar surface area (TPSA) is 128 Å². The average molecular weight is 355 g/mol. The molecule has 0 saturated carbocycles. The number of hydrogen-bond acceptors (Lipinski definition) is 6. The Morgan fingerprint density at radius 3 is 2.86 bits per heavy atom. The van der Waals surface area contributed by atoms with E-state index in [4.69, 9.17) is 5.11 Å².